The van der Waals surface area contributed by atoms with E-state index in [1.165, 1.54) is 11.1 Å². The van der Waals surface area contributed by atoms with Gasteiger partial charge in [-0.05, 0) is 48.4 Å². The van der Waals surface area contributed by atoms with Crippen LogP contribution in [0.1, 0.15) is 42.7 Å². The van der Waals surface area contributed by atoms with Gasteiger partial charge >= 0.3 is 5.97 Å². The number of benzene rings is 1. The third-order valence-electron chi connectivity index (χ3n) is 3.88. The van der Waals surface area contributed by atoms with Gasteiger partial charge in [-0.2, -0.15) is 0 Å². The van der Waals surface area contributed by atoms with Crippen molar-refractivity contribution in [2.24, 2.45) is 5.73 Å². The molecule has 0 aromatic heterocycles. The molecule has 0 saturated carbocycles. The lowest BCUT2D eigenvalue weighted by molar-refractivity contribution is -0.137. The molecule has 1 aliphatic carbocycles. The molecule has 0 heterocycles. The fourth-order valence-corrected chi connectivity index (χ4v) is 2.88. The fourth-order valence-electron chi connectivity index (χ4n) is 2.88. The summed E-state index contributed by atoms with van der Waals surface area (Å²) in [6, 6.07) is 6.28. The summed E-state index contributed by atoms with van der Waals surface area (Å²) < 4.78 is 5.23. The van der Waals surface area contributed by atoms with E-state index in [1.54, 1.807) is 7.11 Å². The number of ether oxygens (including phenoxy) is 1. The van der Waals surface area contributed by atoms with Crippen LogP contribution in [-0.4, -0.2) is 24.2 Å². The van der Waals surface area contributed by atoms with Gasteiger partial charge in [0.25, 0.3) is 0 Å². The summed E-state index contributed by atoms with van der Waals surface area (Å²) in [7, 11) is 1.67. The van der Waals surface area contributed by atoms with Crippen molar-refractivity contribution in [2.75, 3.05) is 7.11 Å². The summed E-state index contributed by atoms with van der Waals surface area (Å²) in [6.45, 7) is 0. The van der Waals surface area contributed by atoms with Crippen LogP contribution >= 0.6 is 0 Å². The number of fused-ring (bicyclic) bond motifs is 1. The number of carboxylic acids is 1. The molecule has 0 spiro atoms. The van der Waals surface area contributed by atoms with E-state index in [4.69, 9.17) is 15.6 Å². The Kier molecular flexibility index (Phi) is 4.43. The zero-order valence-corrected chi connectivity index (χ0v) is 11.3. The molecule has 4 heteroatoms. The Morgan fingerprint density at radius 2 is 2.26 bits per heavy atom. The molecule has 104 valence electrons. The molecule has 0 aliphatic heterocycles. The van der Waals surface area contributed by atoms with Crippen LogP contribution < -0.4 is 10.5 Å². The van der Waals surface area contributed by atoms with Crippen LogP contribution in [-0.2, 0) is 11.2 Å². The van der Waals surface area contributed by atoms with Crippen LogP contribution in [0.3, 0.4) is 0 Å². The monoisotopic (exact) mass is 263 g/mol. The molecule has 2 rings (SSSR count). The summed E-state index contributed by atoms with van der Waals surface area (Å²) in [5, 5.41) is 8.63. The van der Waals surface area contributed by atoms with Crippen molar-refractivity contribution in [3.8, 4) is 5.75 Å². The number of carbonyl (C=O) groups is 1. The third kappa shape index (κ3) is 3.26. The van der Waals surface area contributed by atoms with E-state index < -0.39 is 5.97 Å². The molecule has 1 aromatic carbocycles. The van der Waals surface area contributed by atoms with Gasteiger partial charge in [-0.1, -0.05) is 12.5 Å². The van der Waals surface area contributed by atoms with Gasteiger partial charge in [0.05, 0.1) is 7.11 Å². The number of carboxylic acid groups (broad SMARTS) is 1. The maximum atomic E-state index is 10.5. The Bertz CT molecular complexity index is 459. The summed E-state index contributed by atoms with van der Waals surface area (Å²) in [6.07, 6.45) is 3.74. The van der Waals surface area contributed by atoms with E-state index in [1.807, 2.05) is 6.07 Å². The van der Waals surface area contributed by atoms with Crippen molar-refractivity contribution in [1.29, 1.82) is 0 Å². The van der Waals surface area contributed by atoms with Crippen molar-refractivity contribution >= 4 is 5.97 Å². The minimum absolute atomic E-state index is 0.145. The molecular formula is C15H21NO3. The molecule has 2 atom stereocenters. The summed E-state index contributed by atoms with van der Waals surface area (Å²) in [5.41, 5.74) is 8.79. The topological polar surface area (TPSA) is 72.5 Å². The van der Waals surface area contributed by atoms with Crippen molar-refractivity contribution < 1.29 is 14.6 Å². The molecule has 0 bridgehead atoms. The highest BCUT2D eigenvalue weighted by molar-refractivity contribution is 5.66. The molecule has 2 unspecified atom stereocenters. The summed E-state index contributed by atoms with van der Waals surface area (Å²) in [5.74, 6) is 0.507. The Hall–Kier alpha value is -1.55. The minimum Gasteiger partial charge on any atom is -0.497 e. The quantitative estimate of drug-likeness (QED) is 0.772. The van der Waals surface area contributed by atoms with Gasteiger partial charge in [0.15, 0.2) is 0 Å². The van der Waals surface area contributed by atoms with Crippen molar-refractivity contribution in [3.63, 3.8) is 0 Å². The first-order chi connectivity index (χ1) is 9.11. The van der Waals surface area contributed by atoms with Gasteiger partial charge in [-0.15, -0.1) is 0 Å². The first-order valence-corrected chi connectivity index (χ1v) is 6.76. The number of hydrogen-bond acceptors (Lipinski definition) is 3. The second-order valence-electron chi connectivity index (χ2n) is 5.18. The fraction of sp³-hybridized carbons (Fsp3) is 0.533. The Labute approximate surface area is 113 Å². The predicted octanol–water partition coefficient (Wildman–Crippen LogP) is 2.31. The number of unbranched alkanes of at least 4 members (excludes halogenated alkanes) is 1. The number of hydrogen-bond donors (Lipinski definition) is 2. The highest BCUT2D eigenvalue weighted by Gasteiger charge is 2.29. The Morgan fingerprint density at radius 1 is 1.47 bits per heavy atom. The highest BCUT2D eigenvalue weighted by atomic mass is 16.5. The molecule has 4 nitrogen and oxygen atoms in total. The standard InChI is InChI=1S/C15H21NO3/c1-19-11-6-7-12-10(8-11)9-14(16)13(12)4-2-3-5-15(17)18/h6-8,13-14H,2-5,9,16H2,1H3,(H,17,18). The van der Waals surface area contributed by atoms with Gasteiger partial charge in [0.1, 0.15) is 5.75 Å². The molecule has 0 fully saturated rings. The molecule has 1 aliphatic rings. The second kappa shape index (κ2) is 6.06. The van der Waals surface area contributed by atoms with Gasteiger partial charge < -0.3 is 15.6 Å². The number of rotatable bonds is 6. The smallest absolute Gasteiger partial charge is 0.303 e. The average molecular weight is 263 g/mol. The summed E-state index contributed by atoms with van der Waals surface area (Å²) >= 11 is 0. The first-order valence-electron chi connectivity index (χ1n) is 6.76. The summed E-state index contributed by atoms with van der Waals surface area (Å²) in [4.78, 5) is 10.5. The second-order valence-corrected chi connectivity index (χ2v) is 5.18. The van der Waals surface area contributed by atoms with Gasteiger partial charge in [0.2, 0.25) is 0 Å². The van der Waals surface area contributed by atoms with Crippen LogP contribution in [0.5, 0.6) is 5.75 Å². The Morgan fingerprint density at radius 3 is 2.95 bits per heavy atom. The van der Waals surface area contributed by atoms with Crippen LogP contribution in [0.15, 0.2) is 18.2 Å². The maximum absolute atomic E-state index is 10.5. The molecule has 0 saturated heterocycles. The minimum atomic E-state index is -0.721. The largest absolute Gasteiger partial charge is 0.497 e. The zero-order valence-electron chi connectivity index (χ0n) is 11.3. The van der Waals surface area contributed by atoms with Gasteiger partial charge in [-0.25, -0.2) is 0 Å². The molecule has 0 radical (unpaired) electrons. The molecule has 1 aromatic rings. The van der Waals surface area contributed by atoms with Crippen molar-refractivity contribution in [2.45, 2.75) is 44.1 Å². The highest BCUT2D eigenvalue weighted by Crippen LogP contribution is 2.37. The van der Waals surface area contributed by atoms with Crippen molar-refractivity contribution in [1.82, 2.24) is 0 Å². The van der Waals surface area contributed by atoms with Crippen LogP contribution in [0.4, 0.5) is 0 Å². The van der Waals surface area contributed by atoms with E-state index in [9.17, 15) is 4.79 Å². The van der Waals surface area contributed by atoms with Gasteiger partial charge in [0, 0.05) is 12.5 Å². The van der Waals surface area contributed by atoms with E-state index >= 15 is 0 Å². The van der Waals surface area contributed by atoms with E-state index in [0.717, 1.165) is 31.4 Å². The molecule has 3 N–H and O–H groups in total. The third-order valence-corrected chi connectivity index (χ3v) is 3.88. The van der Waals surface area contributed by atoms with Crippen LogP contribution in [0, 0.1) is 0 Å². The Balaban J connectivity index is 1.97. The lowest BCUT2D eigenvalue weighted by atomic mass is 9.92. The lowest BCUT2D eigenvalue weighted by Gasteiger charge is -2.16. The van der Waals surface area contributed by atoms with Gasteiger partial charge in [-0.3, -0.25) is 4.79 Å². The number of aliphatic carboxylic acids is 1. The predicted molar refractivity (Wildman–Crippen MR) is 73.5 cm³/mol. The van der Waals surface area contributed by atoms with E-state index in [2.05, 4.69) is 12.1 Å². The number of methoxy groups -OCH3 is 1. The van der Waals surface area contributed by atoms with E-state index in [0.29, 0.717) is 5.92 Å². The molecule has 19 heavy (non-hydrogen) atoms. The van der Waals surface area contributed by atoms with Crippen LogP contribution in [0.25, 0.3) is 0 Å². The first kappa shape index (κ1) is 13.9. The maximum Gasteiger partial charge on any atom is 0.303 e. The average Bonchev–Trinajstić information content (AvgIpc) is 2.69. The van der Waals surface area contributed by atoms with Crippen LogP contribution in [0.2, 0.25) is 0 Å². The van der Waals surface area contributed by atoms with E-state index in [-0.39, 0.29) is 12.5 Å². The van der Waals surface area contributed by atoms with Crippen molar-refractivity contribution in [3.05, 3.63) is 29.3 Å². The number of nitrogens with two attached hydrogens (primary N) is 1. The molecular weight excluding hydrogens is 242 g/mol. The zero-order chi connectivity index (χ0) is 13.8. The molecule has 0 amide bonds. The SMILES string of the molecule is COc1ccc2c(c1)CC(N)C2CCCCC(=O)O. The lowest BCUT2D eigenvalue weighted by Crippen LogP contribution is -2.24. The normalized spacial score (nSPS) is 21.2.